The topological polar surface area (TPSA) is 125 Å². The number of nitrogens with one attached hydrogen (secondary N) is 1. The molecule has 0 bridgehead atoms. The molecule has 1 atom stereocenters. The van der Waals surface area contributed by atoms with E-state index in [9.17, 15) is 19.5 Å². The Hall–Kier alpha value is -4.47. The highest BCUT2D eigenvalue weighted by Gasteiger charge is 2.30. The van der Waals surface area contributed by atoms with Crippen molar-refractivity contribution in [2.45, 2.75) is 25.3 Å². The number of carboxylic acids is 1. The molecule has 0 saturated carbocycles. The number of carboxylic acid groups (broad SMARTS) is 1. The van der Waals surface area contributed by atoms with Crippen LogP contribution in [0.25, 0.3) is 11.1 Å². The molecule has 1 aromatic heterocycles. The van der Waals surface area contributed by atoms with Gasteiger partial charge in [0, 0.05) is 57.8 Å². The van der Waals surface area contributed by atoms with Crippen molar-refractivity contribution in [3.63, 3.8) is 0 Å². The summed E-state index contributed by atoms with van der Waals surface area (Å²) in [6.45, 7) is 4.11. The van der Waals surface area contributed by atoms with Gasteiger partial charge in [0.15, 0.2) is 0 Å². The minimum absolute atomic E-state index is 0.0118. The lowest BCUT2D eigenvalue weighted by Crippen LogP contribution is -2.48. The van der Waals surface area contributed by atoms with Crippen LogP contribution in [0.4, 0.5) is 10.7 Å². The second-order valence-corrected chi connectivity index (χ2v) is 9.45. The smallest absolute Gasteiger partial charge is 0.407 e. The molecule has 2 amide bonds. The van der Waals surface area contributed by atoms with Crippen molar-refractivity contribution >= 4 is 23.9 Å². The maximum atomic E-state index is 12.6. The van der Waals surface area contributed by atoms with Crippen molar-refractivity contribution < 1.29 is 24.2 Å². The van der Waals surface area contributed by atoms with Gasteiger partial charge in [0.2, 0.25) is 11.9 Å². The Balaban J connectivity index is 1.17. The third-order valence-electron chi connectivity index (χ3n) is 7.07. The van der Waals surface area contributed by atoms with Gasteiger partial charge in [-0.2, -0.15) is 0 Å². The molecule has 1 fully saturated rings. The molecule has 2 N–H and O–H groups in total. The first kappa shape index (κ1) is 25.2. The fraction of sp³-hybridized carbons (Fsp3) is 0.321. The summed E-state index contributed by atoms with van der Waals surface area (Å²) < 4.78 is 5.50. The third-order valence-corrected chi connectivity index (χ3v) is 7.07. The van der Waals surface area contributed by atoms with Gasteiger partial charge in [-0.25, -0.2) is 19.6 Å². The number of anilines is 1. The van der Waals surface area contributed by atoms with Crippen LogP contribution in [0.5, 0.6) is 0 Å². The number of ether oxygens (including phenoxy) is 1. The number of fused-ring (bicyclic) bond motifs is 3. The summed E-state index contributed by atoms with van der Waals surface area (Å²) >= 11 is 0. The molecule has 1 unspecified atom stereocenters. The molecular weight excluding hydrogens is 486 g/mol. The highest BCUT2D eigenvalue weighted by atomic mass is 16.5. The molecule has 5 rings (SSSR count). The largest absolute Gasteiger partial charge is 0.480 e. The first-order chi connectivity index (χ1) is 18.4. The monoisotopic (exact) mass is 515 g/mol. The molecule has 1 saturated heterocycles. The standard InChI is InChI=1S/C28H29N5O5/c1-18(34)32-10-12-33(13-11-32)27-29-15-19(16-30-27)14-25(26(35)36)31-28(37)38-17-24-22-8-4-2-6-20(22)21-7-3-5-9-23(21)24/h2-9,15-16,24-25H,10-14,17H2,1H3,(H,31,37)(H,35,36). The van der Waals surface area contributed by atoms with Crippen LogP contribution in [0.1, 0.15) is 29.5 Å². The van der Waals surface area contributed by atoms with Gasteiger partial charge in [-0.3, -0.25) is 4.79 Å². The summed E-state index contributed by atoms with van der Waals surface area (Å²) in [5.74, 6) is -0.726. The number of aliphatic carboxylic acids is 1. The number of amides is 2. The van der Waals surface area contributed by atoms with E-state index in [-0.39, 0.29) is 24.9 Å². The minimum atomic E-state index is -1.20. The van der Waals surface area contributed by atoms with E-state index >= 15 is 0 Å². The maximum Gasteiger partial charge on any atom is 0.407 e. The van der Waals surface area contributed by atoms with E-state index in [4.69, 9.17) is 4.74 Å². The summed E-state index contributed by atoms with van der Waals surface area (Å²) in [5.41, 5.74) is 4.96. The van der Waals surface area contributed by atoms with Gasteiger partial charge < -0.3 is 25.0 Å². The number of benzene rings is 2. The molecule has 1 aliphatic carbocycles. The number of carbonyl (C=O) groups is 3. The molecule has 0 spiro atoms. The molecule has 1 aliphatic heterocycles. The molecule has 10 heteroatoms. The van der Waals surface area contributed by atoms with Gasteiger partial charge in [-0.05, 0) is 27.8 Å². The highest BCUT2D eigenvalue weighted by molar-refractivity contribution is 5.81. The normalized spacial score (nSPS) is 15.4. The van der Waals surface area contributed by atoms with E-state index in [1.165, 1.54) is 0 Å². The fourth-order valence-electron chi connectivity index (χ4n) is 5.06. The van der Waals surface area contributed by atoms with E-state index in [0.717, 1.165) is 22.3 Å². The van der Waals surface area contributed by atoms with Gasteiger partial charge >= 0.3 is 12.1 Å². The first-order valence-corrected chi connectivity index (χ1v) is 12.6. The summed E-state index contributed by atoms with van der Waals surface area (Å²) in [4.78, 5) is 48.5. The summed E-state index contributed by atoms with van der Waals surface area (Å²) in [6, 6.07) is 14.8. The average Bonchev–Trinajstić information content (AvgIpc) is 3.25. The zero-order chi connectivity index (χ0) is 26.6. The van der Waals surface area contributed by atoms with Crippen molar-refractivity contribution in [1.29, 1.82) is 0 Å². The number of carbonyl (C=O) groups excluding carboxylic acids is 2. The van der Waals surface area contributed by atoms with Crippen LogP contribution in [-0.2, 0) is 20.7 Å². The number of nitrogens with zero attached hydrogens (tertiary/aromatic N) is 4. The van der Waals surface area contributed by atoms with E-state index in [0.29, 0.717) is 37.7 Å². The van der Waals surface area contributed by atoms with E-state index < -0.39 is 18.1 Å². The van der Waals surface area contributed by atoms with Crippen LogP contribution in [-0.4, -0.2) is 76.8 Å². The maximum absolute atomic E-state index is 12.6. The Bertz CT molecular complexity index is 1290. The quantitative estimate of drug-likeness (QED) is 0.492. The Morgan fingerprint density at radius 2 is 1.55 bits per heavy atom. The van der Waals surface area contributed by atoms with Crippen LogP contribution < -0.4 is 10.2 Å². The first-order valence-electron chi connectivity index (χ1n) is 12.6. The van der Waals surface area contributed by atoms with Crippen molar-refractivity contribution in [2.75, 3.05) is 37.7 Å². The molecule has 2 aliphatic rings. The summed E-state index contributed by atoms with van der Waals surface area (Å²) in [5, 5.41) is 12.2. The molecule has 2 aromatic carbocycles. The van der Waals surface area contributed by atoms with E-state index in [1.54, 1.807) is 24.2 Å². The molecular formula is C28H29N5O5. The number of piperazine rings is 1. The van der Waals surface area contributed by atoms with Crippen LogP contribution in [0.2, 0.25) is 0 Å². The molecule has 196 valence electrons. The second-order valence-electron chi connectivity index (χ2n) is 9.45. The number of aromatic nitrogens is 2. The SMILES string of the molecule is CC(=O)N1CCN(c2ncc(CC(NC(=O)OCC3c4ccccc4-c4ccccc43)C(=O)O)cn2)CC1. The van der Waals surface area contributed by atoms with Gasteiger partial charge in [0.1, 0.15) is 12.6 Å². The third kappa shape index (κ3) is 5.29. The van der Waals surface area contributed by atoms with Crippen LogP contribution in [0, 0.1) is 0 Å². The Labute approximate surface area is 220 Å². The zero-order valence-electron chi connectivity index (χ0n) is 21.0. The molecule has 3 aromatic rings. The number of rotatable bonds is 7. The van der Waals surface area contributed by atoms with Crippen LogP contribution in [0.15, 0.2) is 60.9 Å². The van der Waals surface area contributed by atoms with Gasteiger partial charge in [0.05, 0.1) is 0 Å². The predicted octanol–water partition coefficient (Wildman–Crippen LogP) is 2.68. The minimum Gasteiger partial charge on any atom is -0.480 e. The number of hydrogen-bond acceptors (Lipinski definition) is 7. The molecule has 10 nitrogen and oxygen atoms in total. The lowest BCUT2D eigenvalue weighted by molar-refractivity contribution is -0.139. The number of hydrogen-bond donors (Lipinski definition) is 2. The molecule has 0 radical (unpaired) electrons. The van der Waals surface area contributed by atoms with Crippen molar-refractivity contribution in [2.24, 2.45) is 0 Å². The lowest BCUT2D eigenvalue weighted by Gasteiger charge is -2.34. The summed E-state index contributed by atoms with van der Waals surface area (Å²) in [6.07, 6.45) is 2.35. The average molecular weight is 516 g/mol. The predicted molar refractivity (Wildman–Crippen MR) is 140 cm³/mol. The Morgan fingerprint density at radius 1 is 0.974 bits per heavy atom. The molecule has 2 heterocycles. The Morgan fingerprint density at radius 3 is 2.11 bits per heavy atom. The van der Waals surface area contributed by atoms with Crippen LogP contribution >= 0.6 is 0 Å². The summed E-state index contributed by atoms with van der Waals surface area (Å²) in [7, 11) is 0. The van der Waals surface area contributed by atoms with Crippen molar-refractivity contribution in [3.05, 3.63) is 77.6 Å². The second kappa shape index (κ2) is 10.9. The number of alkyl carbamates (subject to hydrolysis) is 1. The van der Waals surface area contributed by atoms with Crippen molar-refractivity contribution in [3.8, 4) is 11.1 Å². The highest BCUT2D eigenvalue weighted by Crippen LogP contribution is 2.44. The van der Waals surface area contributed by atoms with E-state index in [2.05, 4.69) is 15.3 Å². The van der Waals surface area contributed by atoms with Crippen molar-refractivity contribution in [1.82, 2.24) is 20.2 Å². The van der Waals surface area contributed by atoms with Crippen LogP contribution in [0.3, 0.4) is 0 Å². The Kier molecular flexibility index (Phi) is 7.21. The van der Waals surface area contributed by atoms with Gasteiger partial charge in [0.25, 0.3) is 0 Å². The van der Waals surface area contributed by atoms with Gasteiger partial charge in [-0.15, -0.1) is 0 Å². The van der Waals surface area contributed by atoms with E-state index in [1.807, 2.05) is 53.4 Å². The molecule has 38 heavy (non-hydrogen) atoms. The van der Waals surface area contributed by atoms with Gasteiger partial charge in [-0.1, -0.05) is 48.5 Å². The fourth-order valence-corrected chi connectivity index (χ4v) is 5.06. The lowest BCUT2D eigenvalue weighted by atomic mass is 9.98. The zero-order valence-corrected chi connectivity index (χ0v) is 21.0.